The molecule has 192 valence electrons. The van der Waals surface area contributed by atoms with Crippen LogP contribution < -0.4 is 5.32 Å². The van der Waals surface area contributed by atoms with Crippen LogP contribution in [-0.2, 0) is 9.59 Å². The fourth-order valence-electron chi connectivity index (χ4n) is 5.31. The minimum atomic E-state index is -0.769. The van der Waals surface area contributed by atoms with Crippen LogP contribution in [0.4, 0.5) is 0 Å². The molecule has 1 heterocycles. The summed E-state index contributed by atoms with van der Waals surface area (Å²) in [5.41, 5.74) is 2.58. The van der Waals surface area contributed by atoms with E-state index in [2.05, 4.69) is 79.0 Å². The summed E-state index contributed by atoms with van der Waals surface area (Å²) in [6, 6.07) is 25.7. The maximum atomic E-state index is 13.0. The van der Waals surface area contributed by atoms with Crippen molar-refractivity contribution in [1.82, 2.24) is 10.2 Å². The number of carboxylic acids is 1. The van der Waals surface area contributed by atoms with E-state index in [9.17, 15) is 9.59 Å². The Balaban J connectivity index is 0.00000361. The second-order valence-electron chi connectivity index (χ2n) is 9.73. The van der Waals surface area contributed by atoms with E-state index in [1.54, 1.807) is 0 Å². The van der Waals surface area contributed by atoms with Gasteiger partial charge in [-0.2, -0.15) is 0 Å². The van der Waals surface area contributed by atoms with Crippen molar-refractivity contribution in [3.63, 3.8) is 0 Å². The molecule has 0 aliphatic carbocycles. The normalized spacial score (nSPS) is 18.1. The van der Waals surface area contributed by atoms with Crippen LogP contribution in [-0.4, -0.2) is 41.5 Å². The highest BCUT2D eigenvalue weighted by molar-refractivity contribution is 5.86. The number of carboxylic acid groups (broad SMARTS) is 1. The fourth-order valence-corrected chi connectivity index (χ4v) is 5.31. The summed E-state index contributed by atoms with van der Waals surface area (Å²) < 4.78 is 0. The zero-order valence-electron chi connectivity index (χ0n) is 20.9. The van der Waals surface area contributed by atoms with Crippen molar-refractivity contribution in [3.05, 3.63) is 83.9 Å². The summed E-state index contributed by atoms with van der Waals surface area (Å²) in [5.74, 6) is 0.0608. The Morgan fingerprint density at radius 2 is 1.61 bits per heavy atom. The van der Waals surface area contributed by atoms with Crippen molar-refractivity contribution in [1.29, 1.82) is 0 Å². The molecule has 3 aromatic carbocycles. The van der Waals surface area contributed by atoms with Crippen LogP contribution in [0.25, 0.3) is 10.8 Å². The van der Waals surface area contributed by atoms with E-state index in [4.69, 9.17) is 5.11 Å². The maximum Gasteiger partial charge on any atom is 0.303 e. The third-order valence-corrected chi connectivity index (χ3v) is 7.28. The molecular weight excluding hydrogens is 472 g/mol. The molecule has 4 rings (SSSR count). The lowest BCUT2D eigenvalue weighted by molar-refractivity contribution is -0.137. The number of aliphatic carboxylic acids is 1. The summed E-state index contributed by atoms with van der Waals surface area (Å²) in [4.78, 5) is 25.7. The first-order valence-electron chi connectivity index (χ1n) is 12.8. The zero-order valence-corrected chi connectivity index (χ0v) is 21.8. The predicted molar refractivity (Wildman–Crippen MR) is 148 cm³/mol. The number of hydrogen-bond acceptors (Lipinski definition) is 3. The number of fused-ring (bicyclic) bond motifs is 1. The van der Waals surface area contributed by atoms with Gasteiger partial charge in [-0.1, -0.05) is 79.2 Å². The minimum absolute atomic E-state index is 0. The Hall–Kier alpha value is -2.89. The standard InChI is InChI=1S/C30H36N2O3.ClH/c1-22(26-16-10-14-23-13-8-9-15-27(23)26)31-19-25-20-32(21-28(25)24-11-4-2-5-12-24)29(33)17-6-3-7-18-30(34)35;/h2,4-5,8-16,22,25,28,31H,3,6-7,17-21H2,1H3,(H,34,35);1H/t22-,25-,28-;/m1./s1. The smallest absolute Gasteiger partial charge is 0.303 e. The van der Waals surface area contributed by atoms with Crippen LogP contribution in [0.5, 0.6) is 0 Å². The second-order valence-corrected chi connectivity index (χ2v) is 9.73. The van der Waals surface area contributed by atoms with E-state index >= 15 is 0 Å². The Bertz CT molecular complexity index is 1130. The van der Waals surface area contributed by atoms with Gasteiger partial charge in [0.15, 0.2) is 0 Å². The van der Waals surface area contributed by atoms with E-state index in [0.717, 1.165) is 32.5 Å². The molecule has 1 amide bonds. The molecule has 6 heteroatoms. The highest BCUT2D eigenvalue weighted by Gasteiger charge is 2.35. The molecule has 5 nitrogen and oxygen atoms in total. The highest BCUT2D eigenvalue weighted by Crippen LogP contribution is 2.34. The molecule has 1 aliphatic heterocycles. The molecule has 2 N–H and O–H groups in total. The lowest BCUT2D eigenvalue weighted by atomic mass is 9.88. The number of amides is 1. The number of benzene rings is 3. The van der Waals surface area contributed by atoms with Gasteiger partial charge in [0.2, 0.25) is 5.91 Å². The van der Waals surface area contributed by atoms with Gasteiger partial charge in [-0.3, -0.25) is 9.59 Å². The quantitative estimate of drug-likeness (QED) is 0.303. The van der Waals surface area contributed by atoms with Crippen LogP contribution in [0, 0.1) is 5.92 Å². The number of hydrogen-bond donors (Lipinski definition) is 2. The molecule has 3 aromatic rings. The Labute approximate surface area is 220 Å². The van der Waals surface area contributed by atoms with E-state index in [0.29, 0.717) is 24.7 Å². The molecule has 3 atom stereocenters. The minimum Gasteiger partial charge on any atom is -0.481 e. The SMILES string of the molecule is C[C@@H](NC[C@@H]1CN(C(=O)CCCCCC(=O)O)C[C@@H]1c1ccccc1)c1cccc2ccccc12.Cl. The summed E-state index contributed by atoms with van der Waals surface area (Å²) in [5, 5.41) is 15.1. The van der Waals surface area contributed by atoms with Gasteiger partial charge in [0.05, 0.1) is 0 Å². The van der Waals surface area contributed by atoms with E-state index in [1.807, 2.05) is 11.0 Å². The van der Waals surface area contributed by atoms with Crippen LogP contribution in [0.2, 0.25) is 0 Å². The molecule has 1 aliphatic rings. The molecule has 0 unspecified atom stereocenters. The topological polar surface area (TPSA) is 69.6 Å². The van der Waals surface area contributed by atoms with Crippen LogP contribution >= 0.6 is 12.4 Å². The maximum absolute atomic E-state index is 13.0. The number of nitrogens with zero attached hydrogens (tertiary/aromatic N) is 1. The van der Waals surface area contributed by atoms with Crippen molar-refractivity contribution >= 4 is 35.1 Å². The molecule has 1 saturated heterocycles. The van der Waals surface area contributed by atoms with Gasteiger partial charge in [-0.15, -0.1) is 12.4 Å². The first kappa shape index (κ1) is 27.7. The second kappa shape index (κ2) is 13.4. The Morgan fingerprint density at radius 3 is 2.39 bits per heavy atom. The number of carbonyl (C=O) groups excluding carboxylic acids is 1. The molecule has 0 saturated carbocycles. The third-order valence-electron chi connectivity index (χ3n) is 7.28. The summed E-state index contributed by atoms with van der Waals surface area (Å²) in [6.45, 7) is 4.55. The lowest BCUT2D eigenvalue weighted by Crippen LogP contribution is -2.31. The monoisotopic (exact) mass is 508 g/mol. The number of carbonyl (C=O) groups is 2. The van der Waals surface area contributed by atoms with Gasteiger partial charge in [-0.25, -0.2) is 0 Å². The van der Waals surface area contributed by atoms with E-state index in [-0.39, 0.29) is 30.8 Å². The van der Waals surface area contributed by atoms with Crippen LogP contribution in [0.1, 0.15) is 62.1 Å². The third kappa shape index (κ3) is 7.08. The number of rotatable bonds is 11. The van der Waals surface area contributed by atoms with Crippen molar-refractivity contribution in [2.75, 3.05) is 19.6 Å². The van der Waals surface area contributed by atoms with Gasteiger partial charge in [0.25, 0.3) is 0 Å². The molecule has 1 fully saturated rings. The van der Waals surface area contributed by atoms with Crippen molar-refractivity contribution in [2.45, 2.75) is 51.0 Å². The van der Waals surface area contributed by atoms with Crippen molar-refractivity contribution in [2.24, 2.45) is 5.92 Å². The molecule has 0 spiro atoms. The summed E-state index contributed by atoms with van der Waals surface area (Å²) >= 11 is 0. The van der Waals surface area contributed by atoms with Gasteiger partial charge < -0.3 is 15.3 Å². The van der Waals surface area contributed by atoms with Crippen LogP contribution in [0.15, 0.2) is 72.8 Å². The first-order valence-corrected chi connectivity index (χ1v) is 12.8. The summed E-state index contributed by atoms with van der Waals surface area (Å²) in [6.07, 6.45) is 2.83. The zero-order chi connectivity index (χ0) is 24.6. The van der Waals surface area contributed by atoms with Crippen LogP contribution in [0.3, 0.4) is 0 Å². The number of likely N-dealkylation sites (tertiary alicyclic amines) is 1. The van der Waals surface area contributed by atoms with Gasteiger partial charge >= 0.3 is 5.97 Å². The Kier molecular flexibility index (Phi) is 10.3. The van der Waals surface area contributed by atoms with Crippen molar-refractivity contribution < 1.29 is 14.7 Å². The average Bonchev–Trinajstić information content (AvgIpc) is 3.31. The molecule has 0 aromatic heterocycles. The summed E-state index contributed by atoms with van der Waals surface area (Å²) in [7, 11) is 0. The average molecular weight is 509 g/mol. The molecular formula is C30H37ClN2O3. The van der Waals surface area contributed by atoms with Gasteiger partial charge in [-0.05, 0) is 47.6 Å². The van der Waals surface area contributed by atoms with Crippen molar-refractivity contribution in [3.8, 4) is 0 Å². The molecule has 0 bridgehead atoms. The van der Waals surface area contributed by atoms with Gasteiger partial charge in [0.1, 0.15) is 0 Å². The predicted octanol–water partition coefficient (Wildman–Crippen LogP) is 6.19. The lowest BCUT2D eigenvalue weighted by Gasteiger charge is -2.23. The molecule has 0 radical (unpaired) electrons. The Morgan fingerprint density at radius 1 is 0.917 bits per heavy atom. The fraction of sp³-hybridized carbons (Fsp3) is 0.400. The number of nitrogens with one attached hydrogen (secondary N) is 1. The number of halogens is 1. The first-order chi connectivity index (χ1) is 17.0. The largest absolute Gasteiger partial charge is 0.481 e. The number of unbranched alkanes of at least 4 members (excludes halogenated alkanes) is 2. The van der Waals surface area contributed by atoms with Gasteiger partial charge in [0, 0.05) is 44.4 Å². The molecule has 36 heavy (non-hydrogen) atoms. The highest BCUT2D eigenvalue weighted by atomic mass is 35.5. The van der Waals surface area contributed by atoms with E-state index < -0.39 is 5.97 Å². The van der Waals surface area contributed by atoms with E-state index in [1.165, 1.54) is 21.9 Å².